The Hall–Kier alpha value is -2.57. The van der Waals surface area contributed by atoms with Crippen molar-refractivity contribution >= 4 is 17.8 Å². The smallest absolute Gasteiger partial charge is 0.325 e. The van der Waals surface area contributed by atoms with Crippen LogP contribution in [0, 0.1) is 0 Å². The summed E-state index contributed by atoms with van der Waals surface area (Å²) in [6.45, 7) is -0.0646. The van der Waals surface area contributed by atoms with Crippen LogP contribution in [-0.4, -0.2) is 42.9 Å². The number of benzene rings is 1. The molecule has 1 aliphatic heterocycles. The van der Waals surface area contributed by atoms with E-state index in [1.54, 1.807) is 13.2 Å². The normalized spacial score (nSPS) is 14.2. The number of imide groups is 1. The monoisotopic (exact) mass is 277 g/mol. The highest BCUT2D eigenvalue weighted by atomic mass is 16.5. The van der Waals surface area contributed by atoms with Crippen LogP contribution in [0.25, 0.3) is 0 Å². The maximum Gasteiger partial charge on any atom is 0.325 e. The van der Waals surface area contributed by atoms with Crippen molar-refractivity contribution in [1.82, 2.24) is 15.5 Å². The lowest BCUT2D eigenvalue weighted by atomic mass is 10.2. The average molecular weight is 277 g/mol. The fourth-order valence-corrected chi connectivity index (χ4v) is 1.86. The second-order valence-electron chi connectivity index (χ2n) is 4.23. The molecule has 1 saturated heterocycles. The summed E-state index contributed by atoms with van der Waals surface area (Å²) in [6, 6.07) is 6.74. The standard InChI is InChI=1S/C13H15N3O4/c1-20-10-5-3-2-4-9(10)6-14-11(17)8-16-12(18)7-15-13(16)19/h2-5H,6-8H2,1H3,(H,14,17)(H,15,19). The summed E-state index contributed by atoms with van der Waals surface area (Å²) in [4.78, 5) is 35.3. The van der Waals surface area contributed by atoms with E-state index in [-0.39, 0.29) is 19.6 Å². The Labute approximate surface area is 115 Å². The van der Waals surface area contributed by atoms with E-state index >= 15 is 0 Å². The molecule has 1 heterocycles. The van der Waals surface area contributed by atoms with Crippen molar-refractivity contribution in [3.05, 3.63) is 29.8 Å². The molecule has 2 N–H and O–H groups in total. The second-order valence-corrected chi connectivity index (χ2v) is 4.23. The number of hydrogen-bond acceptors (Lipinski definition) is 4. The van der Waals surface area contributed by atoms with E-state index in [0.29, 0.717) is 5.75 Å². The minimum Gasteiger partial charge on any atom is -0.496 e. The molecule has 1 aromatic rings. The zero-order chi connectivity index (χ0) is 14.5. The van der Waals surface area contributed by atoms with Gasteiger partial charge in [-0.3, -0.25) is 14.5 Å². The minimum atomic E-state index is -0.539. The molecule has 0 unspecified atom stereocenters. The molecular weight excluding hydrogens is 262 g/mol. The van der Waals surface area contributed by atoms with Crippen LogP contribution in [0.15, 0.2) is 24.3 Å². The van der Waals surface area contributed by atoms with Gasteiger partial charge in [-0.25, -0.2) is 4.79 Å². The SMILES string of the molecule is COc1ccccc1CNC(=O)CN1C(=O)CNC1=O. The summed E-state index contributed by atoms with van der Waals surface area (Å²) < 4.78 is 5.17. The predicted octanol–water partition coefficient (Wildman–Crippen LogP) is -0.137. The third-order valence-corrected chi connectivity index (χ3v) is 2.91. The van der Waals surface area contributed by atoms with E-state index in [9.17, 15) is 14.4 Å². The van der Waals surface area contributed by atoms with Crippen molar-refractivity contribution in [2.75, 3.05) is 20.2 Å². The topological polar surface area (TPSA) is 87.7 Å². The average Bonchev–Trinajstić information content (AvgIpc) is 2.77. The molecule has 1 aromatic carbocycles. The van der Waals surface area contributed by atoms with Gasteiger partial charge in [-0.1, -0.05) is 18.2 Å². The summed E-state index contributed by atoms with van der Waals surface area (Å²) in [6.07, 6.45) is 0. The Morgan fingerprint density at radius 1 is 1.40 bits per heavy atom. The molecule has 0 spiro atoms. The minimum absolute atomic E-state index is 0.0569. The predicted molar refractivity (Wildman–Crippen MR) is 70.0 cm³/mol. The lowest BCUT2D eigenvalue weighted by Gasteiger charge is -2.13. The van der Waals surface area contributed by atoms with Gasteiger partial charge in [-0.15, -0.1) is 0 Å². The first kappa shape index (κ1) is 13.9. The molecule has 1 aliphatic rings. The molecule has 0 radical (unpaired) electrons. The van der Waals surface area contributed by atoms with Crippen molar-refractivity contribution in [3.63, 3.8) is 0 Å². The van der Waals surface area contributed by atoms with Gasteiger partial charge < -0.3 is 15.4 Å². The van der Waals surface area contributed by atoms with Crippen LogP contribution in [0.4, 0.5) is 4.79 Å². The van der Waals surface area contributed by atoms with Crippen molar-refractivity contribution in [2.24, 2.45) is 0 Å². The zero-order valence-corrected chi connectivity index (χ0v) is 11.0. The Morgan fingerprint density at radius 3 is 2.80 bits per heavy atom. The van der Waals surface area contributed by atoms with Gasteiger partial charge in [0, 0.05) is 12.1 Å². The molecule has 7 nitrogen and oxygen atoms in total. The molecule has 2 rings (SSSR count). The number of carbonyl (C=O) groups is 3. The molecular formula is C13H15N3O4. The first-order valence-electron chi connectivity index (χ1n) is 6.08. The van der Waals surface area contributed by atoms with Gasteiger partial charge in [-0.05, 0) is 6.07 Å². The van der Waals surface area contributed by atoms with Crippen LogP contribution >= 0.6 is 0 Å². The summed E-state index contributed by atoms with van der Waals surface area (Å²) in [7, 11) is 1.55. The highest BCUT2D eigenvalue weighted by Gasteiger charge is 2.29. The third kappa shape index (κ3) is 3.05. The van der Waals surface area contributed by atoms with Crippen LogP contribution in [0.2, 0.25) is 0 Å². The zero-order valence-electron chi connectivity index (χ0n) is 11.0. The Balaban J connectivity index is 1.89. The number of nitrogens with one attached hydrogen (secondary N) is 2. The number of nitrogens with zero attached hydrogens (tertiary/aromatic N) is 1. The Bertz CT molecular complexity index is 528. The van der Waals surface area contributed by atoms with Gasteiger partial charge in [0.25, 0.3) is 5.91 Å². The van der Waals surface area contributed by atoms with Crippen molar-refractivity contribution in [2.45, 2.75) is 6.54 Å². The van der Waals surface area contributed by atoms with Crippen LogP contribution in [0.3, 0.4) is 0 Å². The lowest BCUT2D eigenvalue weighted by molar-refractivity contribution is -0.130. The van der Waals surface area contributed by atoms with Gasteiger partial charge in [0.15, 0.2) is 0 Å². The summed E-state index contributed by atoms with van der Waals surface area (Å²) in [5.74, 6) is -0.133. The summed E-state index contributed by atoms with van der Waals surface area (Å²) in [5, 5.41) is 5.00. The molecule has 0 aromatic heterocycles. The maximum atomic E-state index is 11.7. The van der Waals surface area contributed by atoms with E-state index in [2.05, 4.69) is 10.6 Å². The molecule has 7 heteroatoms. The van der Waals surface area contributed by atoms with Gasteiger partial charge >= 0.3 is 6.03 Å². The van der Waals surface area contributed by atoms with Gasteiger partial charge in [0.1, 0.15) is 12.3 Å². The fourth-order valence-electron chi connectivity index (χ4n) is 1.86. The van der Waals surface area contributed by atoms with Gasteiger partial charge in [-0.2, -0.15) is 0 Å². The first-order chi connectivity index (χ1) is 9.61. The molecule has 20 heavy (non-hydrogen) atoms. The van der Waals surface area contributed by atoms with E-state index in [1.165, 1.54) is 0 Å². The molecule has 106 valence electrons. The van der Waals surface area contributed by atoms with E-state index < -0.39 is 17.8 Å². The fraction of sp³-hybridized carbons (Fsp3) is 0.308. The molecule has 0 saturated carbocycles. The lowest BCUT2D eigenvalue weighted by Crippen LogP contribution is -2.40. The first-order valence-corrected chi connectivity index (χ1v) is 6.08. The van der Waals surface area contributed by atoms with Crippen molar-refractivity contribution in [1.29, 1.82) is 0 Å². The second kappa shape index (κ2) is 6.05. The van der Waals surface area contributed by atoms with Crippen LogP contribution in [0.5, 0.6) is 5.75 Å². The van der Waals surface area contributed by atoms with Gasteiger partial charge in [0.2, 0.25) is 5.91 Å². The molecule has 0 aliphatic carbocycles. The molecule has 4 amide bonds. The van der Waals surface area contributed by atoms with E-state index in [4.69, 9.17) is 4.74 Å². The highest BCUT2D eigenvalue weighted by Crippen LogP contribution is 2.16. The summed E-state index contributed by atoms with van der Waals surface area (Å²) >= 11 is 0. The van der Waals surface area contributed by atoms with Crippen LogP contribution in [-0.2, 0) is 16.1 Å². The van der Waals surface area contributed by atoms with Crippen molar-refractivity contribution < 1.29 is 19.1 Å². The largest absolute Gasteiger partial charge is 0.496 e. The molecule has 0 atom stereocenters. The van der Waals surface area contributed by atoms with E-state index in [0.717, 1.165) is 10.5 Å². The number of para-hydroxylation sites is 1. The number of hydrogen-bond donors (Lipinski definition) is 2. The Morgan fingerprint density at radius 2 is 2.15 bits per heavy atom. The number of amides is 4. The van der Waals surface area contributed by atoms with Crippen LogP contribution < -0.4 is 15.4 Å². The summed E-state index contributed by atoms with van der Waals surface area (Å²) in [5.41, 5.74) is 0.820. The molecule has 0 bridgehead atoms. The van der Waals surface area contributed by atoms with Crippen molar-refractivity contribution in [3.8, 4) is 5.75 Å². The van der Waals surface area contributed by atoms with Gasteiger partial charge in [0.05, 0.1) is 13.7 Å². The number of methoxy groups -OCH3 is 1. The van der Waals surface area contributed by atoms with Crippen LogP contribution in [0.1, 0.15) is 5.56 Å². The quantitative estimate of drug-likeness (QED) is 0.733. The third-order valence-electron chi connectivity index (χ3n) is 2.91. The Kier molecular flexibility index (Phi) is 4.19. The highest BCUT2D eigenvalue weighted by molar-refractivity contribution is 6.04. The molecule has 1 fully saturated rings. The number of ether oxygens (including phenoxy) is 1. The maximum absolute atomic E-state index is 11.7. The number of carbonyl (C=O) groups excluding carboxylic acids is 3. The number of urea groups is 1. The van der Waals surface area contributed by atoms with E-state index in [1.807, 2.05) is 18.2 Å². The number of rotatable bonds is 5.